The van der Waals surface area contributed by atoms with Crippen LogP contribution >= 0.6 is 0 Å². The first-order valence-corrected chi connectivity index (χ1v) is 11.2. The SMILES string of the molecule is CN1CCC(N2CCN(C(=O)[C@@](C)(NC(=O)OC(C)(C)C)c3ccncc3)CC2)CC1. The number of nitrogens with zero attached hydrogens (tertiary/aromatic N) is 4. The molecule has 0 aliphatic carbocycles. The van der Waals surface area contributed by atoms with E-state index in [1.165, 1.54) is 12.8 Å². The molecule has 2 fully saturated rings. The molecule has 1 N–H and O–H groups in total. The number of hydrogen-bond donors (Lipinski definition) is 1. The standard InChI is InChI=1S/C23H37N5O3/c1-22(2,3)31-21(30)25-23(4,18-6-10-24-11-7-18)20(29)28-16-14-27(15-17-28)19-8-12-26(5)13-9-19/h6-7,10-11,19H,8-9,12-17H2,1-5H3,(H,25,30)/t23-/m0/s1. The summed E-state index contributed by atoms with van der Waals surface area (Å²) in [5.74, 6) is -0.118. The molecular formula is C23H37N5O3. The van der Waals surface area contributed by atoms with E-state index in [0.717, 1.165) is 26.2 Å². The molecule has 3 heterocycles. The van der Waals surface area contributed by atoms with Crippen molar-refractivity contribution in [1.82, 2.24) is 25.0 Å². The lowest BCUT2D eigenvalue weighted by Gasteiger charge is -2.44. The second-order valence-corrected chi connectivity index (χ2v) is 9.85. The van der Waals surface area contributed by atoms with Gasteiger partial charge in [-0.25, -0.2) is 4.79 Å². The Morgan fingerprint density at radius 3 is 2.13 bits per heavy atom. The van der Waals surface area contributed by atoms with Gasteiger partial charge in [-0.3, -0.25) is 14.7 Å². The topological polar surface area (TPSA) is 78.0 Å². The molecule has 0 spiro atoms. The van der Waals surface area contributed by atoms with Gasteiger partial charge in [0.05, 0.1) is 0 Å². The Morgan fingerprint density at radius 2 is 1.58 bits per heavy atom. The van der Waals surface area contributed by atoms with Gasteiger partial charge >= 0.3 is 6.09 Å². The van der Waals surface area contributed by atoms with Crippen LogP contribution in [-0.2, 0) is 15.1 Å². The van der Waals surface area contributed by atoms with Crippen molar-refractivity contribution in [2.24, 2.45) is 0 Å². The van der Waals surface area contributed by atoms with Crippen LogP contribution in [0.15, 0.2) is 24.5 Å². The molecule has 172 valence electrons. The number of amides is 2. The van der Waals surface area contributed by atoms with Gasteiger partial charge in [0, 0.05) is 44.6 Å². The summed E-state index contributed by atoms with van der Waals surface area (Å²) in [5, 5.41) is 2.84. The highest BCUT2D eigenvalue weighted by atomic mass is 16.6. The molecule has 2 amide bonds. The van der Waals surface area contributed by atoms with E-state index in [4.69, 9.17) is 4.74 Å². The highest BCUT2D eigenvalue weighted by Gasteiger charge is 2.42. The molecule has 8 heteroatoms. The number of piperidine rings is 1. The molecule has 8 nitrogen and oxygen atoms in total. The number of likely N-dealkylation sites (tertiary alicyclic amines) is 1. The Morgan fingerprint density at radius 1 is 1.00 bits per heavy atom. The number of rotatable bonds is 4. The number of nitrogens with one attached hydrogen (secondary N) is 1. The number of carbonyl (C=O) groups is 2. The summed E-state index contributed by atoms with van der Waals surface area (Å²) in [6.45, 7) is 12.5. The Kier molecular flexibility index (Phi) is 7.21. The van der Waals surface area contributed by atoms with Gasteiger partial charge < -0.3 is 19.9 Å². The van der Waals surface area contributed by atoms with Crippen LogP contribution in [0.5, 0.6) is 0 Å². The van der Waals surface area contributed by atoms with Gasteiger partial charge in [-0.15, -0.1) is 0 Å². The van der Waals surface area contributed by atoms with Crippen LogP contribution in [0.25, 0.3) is 0 Å². The quantitative estimate of drug-likeness (QED) is 0.786. The fraction of sp³-hybridized carbons (Fsp3) is 0.696. The van der Waals surface area contributed by atoms with Crippen molar-refractivity contribution in [2.45, 2.75) is 57.7 Å². The van der Waals surface area contributed by atoms with Gasteiger partial charge in [0.1, 0.15) is 11.1 Å². The van der Waals surface area contributed by atoms with Crippen molar-refractivity contribution in [3.8, 4) is 0 Å². The zero-order valence-electron chi connectivity index (χ0n) is 19.6. The van der Waals surface area contributed by atoms with E-state index < -0.39 is 17.2 Å². The fourth-order valence-electron chi connectivity index (χ4n) is 4.41. The van der Waals surface area contributed by atoms with Gasteiger partial charge in [0.2, 0.25) is 0 Å². The number of pyridine rings is 1. The number of piperazine rings is 1. The molecule has 1 atom stereocenters. The van der Waals surface area contributed by atoms with Crippen molar-refractivity contribution >= 4 is 12.0 Å². The first kappa shape index (κ1) is 23.5. The third-order valence-electron chi connectivity index (χ3n) is 6.24. The van der Waals surface area contributed by atoms with E-state index >= 15 is 0 Å². The van der Waals surface area contributed by atoms with Crippen LogP contribution in [0.1, 0.15) is 46.1 Å². The van der Waals surface area contributed by atoms with E-state index in [1.54, 1.807) is 52.2 Å². The zero-order chi connectivity index (χ0) is 22.6. The van der Waals surface area contributed by atoms with Crippen molar-refractivity contribution in [2.75, 3.05) is 46.3 Å². The Bertz CT molecular complexity index is 750. The first-order chi connectivity index (χ1) is 14.6. The van der Waals surface area contributed by atoms with Crippen LogP contribution in [0.4, 0.5) is 4.79 Å². The van der Waals surface area contributed by atoms with E-state index in [-0.39, 0.29) is 5.91 Å². The molecule has 0 aromatic carbocycles. The molecule has 0 saturated carbocycles. The molecule has 1 aromatic heterocycles. The zero-order valence-corrected chi connectivity index (χ0v) is 19.6. The van der Waals surface area contributed by atoms with Crippen molar-refractivity contribution in [1.29, 1.82) is 0 Å². The van der Waals surface area contributed by atoms with E-state index in [0.29, 0.717) is 24.7 Å². The summed E-state index contributed by atoms with van der Waals surface area (Å²) >= 11 is 0. The van der Waals surface area contributed by atoms with Crippen molar-refractivity contribution in [3.63, 3.8) is 0 Å². The predicted molar refractivity (Wildman–Crippen MR) is 120 cm³/mol. The third-order valence-corrected chi connectivity index (χ3v) is 6.24. The summed E-state index contributed by atoms with van der Waals surface area (Å²) in [7, 11) is 2.17. The second-order valence-electron chi connectivity index (χ2n) is 9.85. The minimum atomic E-state index is -1.22. The number of ether oxygens (including phenoxy) is 1. The number of hydrogen-bond acceptors (Lipinski definition) is 6. The molecule has 31 heavy (non-hydrogen) atoms. The minimum Gasteiger partial charge on any atom is -0.444 e. The smallest absolute Gasteiger partial charge is 0.408 e. The number of carbonyl (C=O) groups excluding carboxylic acids is 2. The van der Waals surface area contributed by atoms with Gasteiger partial charge in [-0.2, -0.15) is 0 Å². The van der Waals surface area contributed by atoms with Crippen LogP contribution in [0.2, 0.25) is 0 Å². The predicted octanol–water partition coefficient (Wildman–Crippen LogP) is 2.06. The molecular weight excluding hydrogens is 394 g/mol. The summed E-state index contributed by atoms with van der Waals surface area (Å²) < 4.78 is 5.45. The van der Waals surface area contributed by atoms with Crippen LogP contribution in [0.3, 0.4) is 0 Å². The second kappa shape index (κ2) is 9.53. The summed E-state index contributed by atoms with van der Waals surface area (Å²) in [6.07, 6.45) is 5.02. The highest BCUT2D eigenvalue weighted by molar-refractivity contribution is 5.91. The molecule has 2 aliphatic rings. The monoisotopic (exact) mass is 431 g/mol. The maximum Gasteiger partial charge on any atom is 0.408 e. The van der Waals surface area contributed by atoms with Crippen LogP contribution < -0.4 is 5.32 Å². The molecule has 0 bridgehead atoms. The lowest BCUT2D eigenvalue weighted by molar-refractivity contribution is -0.140. The fourth-order valence-corrected chi connectivity index (χ4v) is 4.41. The minimum absolute atomic E-state index is 0.118. The van der Waals surface area contributed by atoms with E-state index in [1.807, 2.05) is 4.90 Å². The number of alkyl carbamates (subject to hydrolysis) is 1. The number of aromatic nitrogens is 1. The third kappa shape index (κ3) is 5.95. The Balaban J connectivity index is 1.70. The molecule has 2 aliphatic heterocycles. The Labute approximate surface area is 185 Å². The molecule has 0 unspecified atom stereocenters. The van der Waals surface area contributed by atoms with Crippen molar-refractivity contribution in [3.05, 3.63) is 30.1 Å². The summed E-state index contributed by atoms with van der Waals surface area (Å²) in [4.78, 5) is 37.1. The average molecular weight is 432 g/mol. The van der Waals surface area contributed by atoms with E-state index in [2.05, 4.69) is 27.1 Å². The van der Waals surface area contributed by atoms with Crippen LogP contribution in [-0.4, -0.2) is 89.6 Å². The van der Waals surface area contributed by atoms with Crippen LogP contribution in [0, 0.1) is 0 Å². The van der Waals surface area contributed by atoms with Gasteiger partial charge in [-0.05, 0) is 78.4 Å². The highest BCUT2D eigenvalue weighted by Crippen LogP contribution is 2.26. The molecule has 2 saturated heterocycles. The molecule has 3 rings (SSSR count). The summed E-state index contributed by atoms with van der Waals surface area (Å²) in [6, 6.07) is 4.13. The van der Waals surface area contributed by atoms with Gasteiger partial charge in [0.15, 0.2) is 0 Å². The van der Waals surface area contributed by atoms with E-state index in [9.17, 15) is 9.59 Å². The Hall–Kier alpha value is -2.19. The van der Waals surface area contributed by atoms with Gasteiger partial charge in [-0.1, -0.05) is 0 Å². The lowest BCUT2D eigenvalue weighted by atomic mass is 9.90. The lowest BCUT2D eigenvalue weighted by Crippen LogP contribution is -2.61. The van der Waals surface area contributed by atoms with Crippen molar-refractivity contribution < 1.29 is 14.3 Å². The molecule has 0 radical (unpaired) electrons. The summed E-state index contributed by atoms with van der Waals surface area (Å²) in [5.41, 5.74) is -1.18. The maximum absolute atomic E-state index is 13.7. The van der Waals surface area contributed by atoms with Gasteiger partial charge in [0.25, 0.3) is 5.91 Å². The average Bonchev–Trinajstić information content (AvgIpc) is 2.73. The first-order valence-electron chi connectivity index (χ1n) is 11.2. The maximum atomic E-state index is 13.7. The normalized spacial score (nSPS) is 21.4. The molecule has 1 aromatic rings. The largest absolute Gasteiger partial charge is 0.444 e.